The van der Waals surface area contributed by atoms with Crippen LogP contribution in [0.4, 0.5) is 0 Å². The molecule has 1 aliphatic carbocycles. The number of H-pyrrole nitrogens is 1. The fourth-order valence-corrected chi connectivity index (χ4v) is 2.62. The zero-order valence-electron chi connectivity index (χ0n) is 10.3. The molecule has 4 nitrogen and oxygen atoms in total. The fraction of sp³-hybridized carbons (Fsp3) is 0.429. The molecular formula is C14H18N4. The van der Waals surface area contributed by atoms with Gasteiger partial charge < -0.3 is 5.73 Å². The molecule has 1 saturated carbocycles. The monoisotopic (exact) mass is 242 g/mol. The van der Waals surface area contributed by atoms with Gasteiger partial charge in [-0.3, -0.25) is 5.10 Å². The molecule has 0 saturated heterocycles. The van der Waals surface area contributed by atoms with Crippen LogP contribution >= 0.6 is 0 Å². The third-order valence-electron chi connectivity index (χ3n) is 3.70. The maximum atomic E-state index is 6.18. The maximum Gasteiger partial charge on any atom is 0.171 e. The normalized spacial score (nSPS) is 18.1. The van der Waals surface area contributed by atoms with Crippen molar-refractivity contribution in [3.8, 4) is 0 Å². The van der Waals surface area contributed by atoms with Crippen molar-refractivity contribution in [2.24, 2.45) is 5.73 Å². The molecule has 0 radical (unpaired) electrons. The van der Waals surface area contributed by atoms with Crippen LogP contribution in [0.5, 0.6) is 0 Å². The van der Waals surface area contributed by atoms with Crippen molar-refractivity contribution in [3.05, 3.63) is 47.5 Å². The fourth-order valence-electron chi connectivity index (χ4n) is 2.62. The van der Waals surface area contributed by atoms with Crippen molar-refractivity contribution in [2.75, 3.05) is 0 Å². The highest BCUT2D eigenvalue weighted by molar-refractivity contribution is 5.24. The van der Waals surface area contributed by atoms with Gasteiger partial charge in [0.05, 0.1) is 6.04 Å². The summed E-state index contributed by atoms with van der Waals surface area (Å²) >= 11 is 0. The first kappa shape index (κ1) is 11.4. The largest absolute Gasteiger partial charge is 0.318 e. The Kier molecular flexibility index (Phi) is 3.11. The second-order valence-corrected chi connectivity index (χ2v) is 4.95. The number of nitrogens with two attached hydrogens (primary N) is 1. The van der Waals surface area contributed by atoms with Crippen molar-refractivity contribution in [2.45, 2.75) is 37.6 Å². The Morgan fingerprint density at radius 3 is 2.61 bits per heavy atom. The number of nitrogens with zero attached hydrogens (tertiary/aromatic N) is 2. The lowest BCUT2D eigenvalue weighted by atomic mass is 10.1. The first-order chi connectivity index (χ1) is 8.84. The van der Waals surface area contributed by atoms with E-state index in [1.54, 1.807) is 0 Å². The Morgan fingerprint density at radius 2 is 1.89 bits per heavy atom. The molecule has 4 heteroatoms. The summed E-state index contributed by atoms with van der Waals surface area (Å²) in [5, 5.41) is 7.33. The number of benzene rings is 1. The van der Waals surface area contributed by atoms with Crippen LogP contribution < -0.4 is 5.73 Å². The van der Waals surface area contributed by atoms with Crippen LogP contribution in [0.3, 0.4) is 0 Å². The highest BCUT2D eigenvalue weighted by atomic mass is 15.2. The van der Waals surface area contributed by atoms with Crippen LogP contribution in [0.1, 0.15) is 54.9 Å². The van der Waals surface area contributed by atoms with Gasteiger partial charge in [0.2, 0.25) is 0 Å². The van der Waals surface area contributed by atoms with E-state index in [4.69, 9.17) is 5.73 Å². The Labute approximate surface area is 107 Å². The van der Waals surface area contributed by atoms with E-state index in [9.17, 15) is 0 Å². The summed E-state index contributed by atoms with van der Waals surface area (Å²) < 4.78 is 0. The highest BCUT2D eigenvalue weighted by Crippen LogP contribution is 2.32. The van der Waals surface area contributed by atoms with Crippen LogP contribution in [-0.2, 0) is 0 Å². The SMILES string of the molecule is NC(c1ccccc1)c1n[nH]c(C2CCCC2)n1. The van der Waals surface area contributed by atoms with E-state index in [1.807, 2.05) is 30.3 Å². The average Bonchev–Trinajstić information content (AvgIpc) is 3.09. The van der Waals surface area contributed by atoms with Crippen LogP contribution in [0, 0.1) is 0 Å². The van der Waals surface area contributed by atoms with E-state index < -0.39 is 0 Å². The van der Waals surface area contributed by atoms with Gasteiger partial charge >= 0.3 is 0 Å². The van der Waals surface area contributed by atoms with E-state index in [0.29, 0.717) is 11.7 Å². The van der Waals surface area contributed by atoms with Gasteiger partial charge in [0, 0.05) is 5.92 Å². The second-order valence-electron chi connectivity index (χ2n) is 4.95. The Bertz CT molecular complexity index is 500. The lowest BCUT2D eigenvalue weighted by Crippen LogP contribution is -2.13. The minimum Gasteiger partial charge on any atom is -0.318 e. The third kappa shape index (κ3) is 2.16. The van der Waals surface area contributed by atoms with Gasteiger partial charge in [-0.05, 0) is 18.4 Å². The van der Waals surface area contributed by atoms with Crippen molar-refractivity contribution >= 4 is 0 Å². The summed E-state index contributed by atoms with van der Waals surface area (Å²) in [7, 11) is 0. The summed E-state index contributed by atoms with van der Waals surface area (Å²) in [5.41, 5.74) is 7.23. The van der Waals surface area contributed by atoms with E-state index in [-0.39, 0.29) is 6.04 Å². The zero-order chi connectivity index (χ0) is 12.4. The number of rotatable bonds is 3. The zero-order valence-corrected chi connectivity index (χ0v) is 10.3. The molecule has 2 aromatic rings. The number of nitrogens with one attached hydrogen (secondary N) is 1. The quantitative estimate of drug-likeness (QED) is 0.869. The van der Waals surface area contributed by atoms with Crippen LogP contribution in [0.25, 0.3) is 0 Å². The van der Waals surface area contributed by atoms with E-state index >= 15 is 0 Å². The summed E-state index contributed by atoms with van der Waals surface area (Å²) in [6.45, 7) is 0. The number of hydrogen-bond donors (Lipinski definition) is 2. The van der Waals surface area contributed by atoms with Crippen LogP contribution in [0.2, 0.25) is 0 Å². The van der Waals surface area contributed by atoms with Crippen molar-refractivity contribution < 1.29 is 0 Å². The third-order valence-corrected chi connectivity index (χ3v) is 3.70. The summed E-state index contributed by atoms with van der Waals surface area (Å²) in [4.78, 5) is 4.58. The number of aromatic amines is 1. The van der Waals surface area contributed by atoms with Crippen LogP contribution in [-0.4, -0.2) is 15.2 Å². The molecule has 1 aliphatic rings. The lowest BCUT2D eigenvalue weighted by molar-refractivity contribution is 0.670. The van der Waals surface area contributed by atoms with Gasteiger partial charge in [0.15, 0.2) is 5.82 Å². The summed E-state index contributed by atoms with van der Waals surface area (Å²) in [6, 6.07) is 9.74. The van der Waals surface area contributed by atoms with E-state index in [1.165, 1.54) is 25.7 Å². The smallest absolute Gasteiger partial charge is 0.171 e. The molecule has 1 fully saturated rings. The molecule has 3 rings (SSSR count). The molecule has 0 aliphatic heterocycles. The highest BCUT2D eigenvalue weighted by Gasteiger charge is 2.22. The van der Waals surface area contributed by atoms with Gasteiger partial charge in [-0.15, -0.1) is 0 Å². The summed E-state index contributed by atoms with van der Waals surface area (Å²) in [6.07, 6.45) is 5.03. The predicted octanol–water partition coefficient (Wildman–Crippen LogP) is 2.51. The van der Waals surface area contributed by atoms with Gasteiger partial charge in [-0.2, -0.15) is 5.10 Å². The molecule has 0 amide bonds. The Morgan fingerprint density at radius 1 is 1.17 bits per heavy atom. The topological polar surface area (TPSA) is 67.6 Å². The molecule has 1 atom stereocenters. The molecule has 94 valence electrons. The average molecular weight is 242 g/mol. The molecule has 0 spiro atoms. The van der Waals surface area contributed by atoms with Crippen LogP contribution in [0.15, 0.2) is 30.3 Å². The molecule has 1 aromatic carbocycles. The molecular weight excluding hydrogens is 224 g/mol. The Hall–Kier alpha value is -1.68. The lowest BCUT2D eigenvalue weighted by Gasteiger charge is -2.07. The molecule has 3 N–H and O–H groups in total. The molecule has 0 bridgehead atoms. The summed E-state index contributed by atoms with van der Waals surface area (Å²) in [5.74, 6) is 2.26. The van der Waals surface area contributed by atoms with Gasteiger partial charge in [-0.1, -0.05) is 43.2 Å². The first-order valence-corrected chi connectivity index (χ1v) is 6.57. The van der Waals surface area contributed by atoms with Crippen molar-refractivity contribution in [3.63, 3.8) is 0 Å². The molecule has 1 aromatic heterocycles. The van der Waals surface area contributed by atoms with Gasteiger partial charge in [-0.25, -0.2) is 4.98 Å². The van der Waals surface area contributed by atoms with Gasteiger partial charge in [0.1, 0.15) is 5.82 Å². The second kappa shape index (κ2) is 4.90. The first-order valence-electron chi connectivity index (χ1n) is 6.57. The predicted molar refractivity (Wildman–Crippen MR) is 70.1 cm³/mol. The van der Waals surface area contributed by atoms with E-state index in [2.05, 4.69) is 15.2 Å². The minimum absolute atomic E-state index is 0.238. The standard InChI is InChI=1S/C14H18N4/c15-12(10-6-2-1-3-7-10)14-16-13(17-18-14)11-8-4-5-9-11/h1-3,6-7,11-12H,4-5,8-9,15H2,(H,16,17,18). The molecule has 18 heavy (non-hydrogen) atoms. The number of aromatic nitrogens is 3. The van der Waals surface area contributed by atoms with Gasteiger partial charge in [0.25, 0.3) is 0 Å². The van der Waals surface area contributed by atoms with E-state index in [0.717, 1.165) is 11.4 Å². The number of hydrogen-bond acceptors (Lipinski definition) is 3. The Balaban J connectivity index is 1.80. The minimum atomic E-state index is -0.238. The maximum absolute atomic E-state index is 6.18. The van der Waals surface area contributed by atoms with Crippen molar-refractivity contribution in [1.82, 2.24) is 15.2 Å². The molecule has 1 heterocycles. The van der Waals surface area contributed by atoms with Crippen molar-refractivity contribution in [1.29, 1.82) is 0 Å². The molecule has 1 unspecified atom stereocenters.